The molecule has 4 rings (SSSR count). The van der Waals surface area contributed by atoms with Crippen molar-refractivity contribution in [3.05, 3.63) is 30.0 Å². The highest BCUT2D eigenvalue weighted by molar-refractivity contribution is 7.89. The number of nitrogens with one attached hydrogen (secondary N) is 3. The lowest BCUT2D eigenvalue weighted by Gasteiger charge is -2.23. The van der Waals surface area contributed by atoms with E-state index in [4.69, 9.17) is 0 Å². The van der Waals surface area contributed by atoms with Gasteiger partial charge in [0.05, 0.1) is 5.75 Å². The molecule has 1 atom stereocenters. The fourth-order valence-electron chi connectivity index (χ4n) is 3.46. The second-order valence-electron chi connectivity index (χ2n) is 7.28. The number of H-pyrrole nitrogens is 1. The second-order valence-corrected chi connectivity index (χ2v) is 9.32. The van der Waals surface area contributed by atoms with E-state index < -0.39 is 10.0 Å². The molecular formula is C19H24N4O3S. The molecule has 1 unspecified atom stereocenters. The summed E-state index contributed by atoms with van der Waals surface area (Å²) in [5, 5.41) is 3.94. The number of sulfonamides is 1. The topological polar surface area (TPSA) is 104 Å². The Kier molecular flexibility index (Phi) is 4.77. The van der Waals surface area contributed by atoms with Crippen LogP contribution in [0.15, 0.2) is 24.4 Å². The lowest BCUT2D eigenvalue weighted by atomic mass is 9.90. The zero-order chi connectivity index (χ0) is 19.0. The molecule has 0 radical (unpaired) electrons. The fraction of sp³-hybridized carbons (Fsp3) is 0.474. The van der Waals surface area contributed by atoms with E-state index in [9.17, 15) is 13.2 Å². The maximum atomic E-state index is 12.1. The molecular weight excluding hydrogens is 364 g/mol. The first kappa shape index (κ1) is 18.2. The fourth-order valence-corrected chi connectivity index (χ4v) is 4.35. The molecule has 2 aliphatic carbocycles. The van der Waals surface area contributed by atoms with E-state index in [1.54, 1.807) is 6.92 Å². The zero-order valence-electron chi connectivity index (χ0n) is 15.3. The summed E-state index contributed by atoms with van der Waals surface area (Å²) >= 11 is 0. The molecule has 0 aromatic carbocycles. The van der Waals surface area contributed by atoms with Crippen LogP contribution in [0.1, 0.15) is 44.6 Å². The molecule has 1 saturated carbocycles. The first-order chi connectivity index (χ1) is 12.9. The van der Waals surface area contributed by atoms with Gasteiger partial charge in [0.15, 0.2) is 0 Å². The zero-order valence-corrected chi connectivity index (χ0v) is 16.1. The summed E-state index contributed by atoms with van der Waals surface area (Å²) in [4.78, 5) is 19.7. The van der Waals surface area contributed by atoms with E-state index in [1.165, 1.54) is 0 Å². The van der Waals surface area contributed by atoms with Crippen LogP contribution in [0.3, 0.4) is 0 Å². The maximum absolute atomic E-state index is 12.1. The summed E-state index contributed by atoms with van der Waals surface area (Å²) < 4.78 is 26.3. The molecule has 3 N–H and O–H groups in total. The molecule has 0 saturated heterocycles. The molecule has 27 heavy (non-hydrogen) atoms. The molecule has 0 aliphatic heterocycles. The molecule has 2 heterocycles. The van der Waals surface area contributed by atoms with Crippen LogP contribution in [0.4, 0.5) is 5.82 Å². The van der Waals surface area contributed by atoms with Crippen molar-refractivity contribution in [2.75, 3.05) is 11.1 Å². The van der Waals surface area contributed by atoms with Crippen LogP contribution in [0, 0.1) is 5.92 Å². The second kappa shape index (κ2) is 7.09. The van der Waals surface area contributed by atoms with E-state index in [-0.39, 0.29) is 23.6 Å². The number of aromatic amines is 1. The predicted molar refractivity (Wildman–Crippen MR) is 106 cm³/mol. The van der Waals surface area contributed by atoms with Crippen molar-refractivity contribution in [3.8, 4) is 0 Å². The van der Waals surface area contributed by atoms with Gasteiger partial charge < -0.3 is 10.3 Å². The van der Waals surface area contributed by atoms with Crippen LogP contribution >= 0.6 is 0 Å². The number of nitrogens with zero attached hydrogens (tertiary/aromatic N) is 1. The number of allylic oxidation sites excluding steroid dienone is 1. The van der Waals surface area contributed by atoms with Crippen LogP contribution in [-0.4, -0.2) is 36.1 Å². The average Bonchev–Trinajstić information content (AvgIpc) is 3.40. The minimum absolute atomic E-state index is 0.0333. The first-order valence-corrected chi connectivity index (χ1v) is 11.1. The Balaban J connectivity index is 1.58. The lowest BCUT2D eigenvalue weighted by molar-refractivity contribution is -0.117. The smallest absolute Gasteiger partial charge is 0.228 e. The van der Waals surface area contributed by atoms with Crippen molar-refractivity contribution < 1.29 is 13.2 Å². The minimum atomic E-state index is -3.19. The average molecular weight is 388 g/mol. The quantitative estimate of drug-likeness (QED) is 0.708. The molecule has 8 heteroatoms. The van der Waals surface area contributed by atoms with Crippen molar-refractivity contribution in [1.82, 2.24) is 14.7 Å². The summed E-state index contributed by atoms with van der Waals surface area (Å²) in [5.74, 6) is 0.812. The number of pyridine rings is 1. The molecule has 2 aromatic rings. The Bertz CT molecular complexity index is 1010. The number of hydrogen-bond acceptors (Lipinski definition) is 4. The Hall–Kier alpha value is -2.19. The van der Waals surface area contributed by atoms with E-state index in [1.807, 2.05) is 18.3 Å². The molecule has 2 aliphatic rings. The normalized spacial score (nSPS) is 20.5. The van der Waals surface area contributed by atoms with Gasteiger partial charge in [0.25, 0.3) is 0 Å². The maximum Gasteiger partial charge on any atom is 0.228 e. The van der Waals surface area contributed by atoms with E-state index in [0.717, 1.165) is 47.9 Å². The number of anilines is 1. The number of amides is 1. The number of fused-ring (bicyclic) bond motifs is 1. The largest absolute Gasteiger partial charge is 0.346 e. The minimum Gasteiger partial charge on any atom is -0.346 e. The van der Waals surface area contributed by atoms with Gasteiger partial charge in [0.2, 0.25) is 15.9 Å². The van der Waals surface area contributed by atoms with Gasteiger partial charge in [0.1, 0.15) is 11.5 Å². The van der Waals surface area contributed by atoms with Crippen molar-refractivity contribution in [2.24, 2.45) is 5.92 Å². The highest BCUT2D eigenvalue weighted by atomic mass is 32.2. The number of aromatic nitrogens is 2. The Morgan fingerprint density at radius 2 is 2.15 bits per heavy atom. The molecule has 1 fully saturated rings. The first-order valence-electron chi connectivity index (χ1n) is 9.43. The van der Waals surface area contributed by atoms with Crippen molar-refractivity contribution in [3.63, 3.8) is 0 Å². The number of rotatable bonds is 6. The van der Waals surface area contributed by atoms with Crippen LogP contribution in [-0.2, 0) is 14.8 Å². The molecule has 144 valence electrons. The summed E-state index contributed by atoms with van der Waals surface area (Å²) in [6.07, 6.45) is 8.02. The predicted octanol–water partition coefficient (Wildman–Crippen LogP) is 2.79. The molecule has 2 aromatic heterocycles. The van der Waals surface area contributed by atoms with Crippen LogP contribution in [0.2, 0.25) is 0 Å². The number of carbonyl (C=O) groups is 1. The third-order valence-corrected chi connectivity index (χ3v) is 6.66. The molecule has 0 bridgehead atoms. The number of carbonyl (C=O) groups excluding carboxylic acids is 1. The van der Waals surface area contributed by atoms with Gasteiger partial charge >= 0.3 is 0 Å². The highest BCUT2D eigenvalue weighted by Crippen LogP contribution is 2.34. The van der Waals surface area contributed by atoms with Gasteiger partial charge in [-0.05, 0) is 62.3 Å². The molecule has 7 nitrogen and oxygen atoms in total. The van der Waals surface area contributed by atoms with Gasteiger partial charge in [-0.25, -0.2) is 18.1 Å². The van der Waals surface area contributed by atoms with Gasteiger partial charge in [-0.3, -0.25) is 4.79 Å². The number of hydrogen-bond donors (Lipinski definition) is 3. The summed E-state index contributed by atoms with van der Waals surface area (Å²) in [6.45, 7) is 1.64. The van der Waals surface area contributed by atoms with E-state index in [2.05, 4.69) is 26.1 Å². The molecule has 1 amide bonds. The highest BCUT2D eigenvalue weighted by Gasteiger charge is 2.30. The Labute approximate surface area is 158 Å². The van der Waals surface area contributed by atoms with Crippen LogP contribution < -0.4 is 10.0 Å². The van der Waals surface area contributed by atoms with Crippen molar-refractivity contribution >= 4 is 38.4 Å². The van der Waals surface area contributed by atoms with Crippen LogP contribution in [0.25, 0.3) is 16.6 Å². The van der Waals surface area contributed by atoms with Gasteiger partial charge in [-0.1, -0.05) is 6.08 Å². The SMILES string of the molecule is CCS(=O)(=O)NC1CC=C(c2cc(NC(=O)C3CC3)nc3[nH]ccc23)CC1. The third-order valence-electron chi connectivity index (χ3n) is 5.21. The Morgan fingerprint density at radius 3 is 2.81 bits per heavy atom. The van der Waals surface area contributed by atoms with Crippen molar-refractivity contribution in [1.29, 1.82) is 0 Å². The molecule has 0 spiro atoms. The van der Waals surface area contributed by atoms with E-state index >= 15 is 0 Å². The lowest BCUT2D eigenvalue weighted by Crippen LogP contribution is -2.36. The van der Waals surface area contributed by atoms with E-state index in [0.29, 0.717) is 12.2 Å². The standard InChI is InChI=1S/C19H24N4O3S/c1-2-27(25,26)23-14-7-5-12(6-8-14)16-11-17(22-19(24)13-3-4-13)21-18-15(16)9-10-20-18/h5,9-11,13-14,23H,2-4,6-8H2,1H3,(H2,20,21,22,24). The third kappa shape index (κ3) is 4.06. The Morgan fingerprint density at radius 1 is 1.33 bits per heavy atom. The van der Waals surface area contributed by atoms with Crippen molar-refractivity contribution in [2.45, 2.75) is 45.1 Å². The van der Waals surface area contributed by atoms with Crippen LogP contribution in [0.5, 0.6) is 0 Å². The van der Waals surface area contributed by atoms with Gasteiger partial charge in [-0.15, -0.1) is 0 Å². The van der Waals surface area contributed by atoms with Gasteiger partial charge in [0, 0.05) is 23.5 Å². The summed E-state index contributed by atoms with van der Waals surface area (Å²) in [7, 11) is -3.19. The monoisotopic (exact) mass is 388 g/mol. The van der Waals surface area contributed by atoms with Gasteiger partial charge in [-0.2, -0.15) is 0 Å². The summed E-state index contributed by atoms with van der Waals surface area (Å²) in [5.41, 5.74) is 2.95. The summed E-state index contributed by atoms with van der Waals surface area (Å²) in [6, 6.07) is 3.85.